The average Bonchev–Trinajstić information content (AvgIpc) is 3.05. The first-order valence-electron chi connectivity index (χ1n) is 8.49. The van der Waals surface area contributed by atoms with Crippen LogP contribution in [0.1, 0.15) is 39.2 Å². The van der Waals surface area contributed by atoms with Gasteiger partial charge < -0.3 is 9.47 Å². The number of amides is 2. The molecule has 0 aliphatic carbocycles. The van der Waals surface area contributed by atoms with Crippen molar-refractivity contribution in [1.82, 2.24) is 10.3 Å². The van der Waals surface area contributed by atoms with E-state index in [1.807, 2.05) is 0 Å². The molecule has 1 aromatic rings. The monoisotopic (exact) mass is 363 g/mol. The second kappa shape index (κ2) is 8.18. The molecular weight excluding hydrogens is 338 g/mol. The number of nitrogens with two attached hydrogens (primary N) is 1. The molecule has 8 nitrogen and oxygen atoms in total. The SMILES string of the molecule is CC(C)(C)OC(=O)N1CCC[C@H]1C(=O)Oc1ccc(CC(=O)NN)cc1. The van der Waals surface area contributed by atoms with Crippen LogP contribution >= 0.6 is 0 Å². The third-order valence-electron chi connectivity index (χ3n) is 3.82. The van der Waals surface area contributed by atoms with Crippen molar-refractivity contribution in [2.45, 2.75) is 51.7 Å². The number of rotatable bonds is 4. The molecule has 0 bridgehead atoms. The molecule has 0 spiro atoms. The van der Waals surface area contributed by atoms with Crippen molar-refractivity contribution >= 4 is 18.0 Å². The number of ether oxygens (including phenoxy) is 2. The third kappa shape index (κ3) is 5.45. The van der Waals surface area contributed by atoms with E-state index in [1.54, 1.807) is 45.0 Å². The van der Waals surface area contributed by atoms with Gasteiger partial charge in [0.25, 0.3) is 0 Å². The molecular formula is C18H25N3O5. The number of nitrogens with zero attached hydrogens (tertiary/aromatic N) is 1. The van der Waals surface area contributed by atoms with Gasteiger partial charge in [-0.3, -0.25) is 15.1 Å². The van der Waals surface area contributed by atoms with Crippen LogP contribution < -0.4 is 16.0 Å². The van der Waals surface area contributed by atoms with Crippen LogP contribution in [0.4, 0.5) is 4.79 Å². The van der Waals surface area contributed by atoms with E-state index in [2.05, 4.69) is 5.43 Å². The number of esters is 1. The first kappa shape index (κ1) is 19.7. The summed E-state index contributed by atoms with van der Waals surface area (Å²) in [5, 5.41) is 0. The van der Waals surface area contributed by atoms with Crippen LogP contribution in [0.3, 0.4) is 0 Å². The maximum Gasteiger partial charge on any atom is 0.411 e. The Kier molecular flexibility index (Phi) is 6.20. The molecule has 0 saturated carbocycles. The van der Waals surface area contributed by atoms with Crippen molar-refractivity contribution < 1.29 is 23.9 Å². The summed E-state index contributed by atoms with van der Waals surface area (Å²) in [5.41, 5.74) is 2.17. The summed E-state index contributed by atoms with van der Waals surface area (Å²) in [6.07, 6.45) is 0.874. The predicted octanol–water partition coefficient (Wildman–Crippen LogP) is 1.52. The third-order valence-corrected chi connectivity index (χ3v) is 3.82. The van der Waals surface area contributed by atoms with Gasteiger partial charge in [-0.15, -0.1) is 0 Å². The molecule has 0 unspecified atom stereocenters. The van der Waals surface area contributed by atoms with Gasteiger partial charge in [0, 0.05) is 6.54 Å². The largest absolute Gasteiger partial charge is 0.444 e. The van der Waals surface area contributed by atoms with Crippen molar-refractivity contribution in [3.8, 4) is 5.75 Å². The second-order valence-corrected chi connectivity index (χ2v) is 7.14. The Bertz CT molecular complexity index is 666. The van der Waals surface area contributed by atoms with Gasteiger partial charge in [0.2, 0.25) is 5.91 Å². The molecule has 1 aromatic carbocycles. The van der Waals surface area contributed by atoms with Crippen molar-refractivity contribution in [1.29, 1.82) is 0 Å². The van der Waals surface area contributed by atoms with E-state index in [4.69, 9.17) is 15.3 Å². The number of hydrazine groups is 1. The fourth-order valence-electron chi connectivity index (χ4n) is 2.65. The van der Waals surface area contributed by atoms with Gasteiger partial charge in [-0.25, -0.2) is 15.4 Å². The Balaban J connectivity index is 1.97. The minimum atomic E-state index is -0.660. The Morgan fingerprint density at radius 1 is 1.23 bits per heavy atom. The second-order valence-electron chi connectivity index (χ2n) is 7.14. The van der Waals surface area contributed by atoms with E-state index in [-0.39, 0.29) is 12.3 Å². The van der Waals surface area contributed by atoms with E-state index in [1.165, 1.54) is 4.90 Å². The van der Waals surface area contributed by atoms with Crippen LogP contribution in [0.15, 0.2) is 24.3 Å². The molecule has 1 saturated heterocycles. The zero-order chi connectivity index (χ0) is 19.3. The zero-order valence-electron chi connectivity index (χ0n) is 15.3. The van der Waals surface area contributed by atoms with Gasteiger partial charge in [-0.05, 0) is 51.3 Å². The molecule has 1 fully saturated rings. The maximum atomic E-state index is 12.5. The standard InChI is InChI=1S/C18H25N3O5/c1-18(2,3)26-17(24)21-10-4-5-14(21)16(23)25-13-8-6-12(7-9-13)11-15(22)20-19/h6-9,14H,4-5,10-11,19H2,1-3H3,(H,20,22)/t14-/m0/s1. The summed E-state index contributed by atoms with van der Waals surface area (Å²) >= 11 is 0. The number of hydrogen-bond donors (Lipinski definition) is 2. The molecule has 0 aromatic heterocycles. The molecule has 26 heavy (non-hydrogen) atoms. The van der Waals surface area contributed by atoms with Crippen LogP contribution in [0, 0.1) is 0 Å². The van der Waals surface area contributed by atoms with Crippen molar-refractivity contribution in [3.05, 3.63) is 29.8 Å². The van der Waals surface area contributed by atoms with E-state index in [0.717, 1.165) is 5.56 Å². The summed E-state index contributed by atoms with van der Waals surface area (Å²) in [5.74, 6) is 4.59. The van der Waals surface area contributed by atoms with E-state index in [0.29, 0.717) is 25.1 Å². The van der Waals surface area contributed by atoms with Crippen molar-refractivity contribution in [2.75, 3.05) is 6.54 Å². The summed E-state index contributed by atoms with van der Waals surface area (Å²) in [7, 11) is 0. The summed E-state index contributed by atoms with van der Waals surface area (Å²) in [6.45, 7) is 5.80. The molecule has 1 aliphatic heterocycles. The van der Waals surface area contributed by atoms with Crippen LogP contribution in [-0.2, 0) is 20.7 Å². The lowest BCUT2D eigenvalue weighted by molar-refractivity contribution is -0.139. The molecule has 0 radical (unpaired) electrons. The van der Waals surface area contributed by atoms with E-state index < -0.39 is 23.7 Å². The zero-order valence-corrected chi connectivity index (χ0v) is 15.3. The molecule has 8 heteroatoms. The topological polar surface area (TPSA) is 111 Å². The molecule has 3 N–H and O–H groups in total. The normalized spacial score (nSPS) is 16.9. The highest BCUT2D eigenvalue weighted by atomic mass is 16.6. The molecule has 1 atom stereocenters. The Labute approximate surface area is 152 Å². The number of nitrogens with one attached hydrogen (secondary N) is 1. The van der Waals surface area contributed by atoms with Crippen LogP contribution in [0.2, 0.25) is 0 Å². The highest BCUT2D eigenvalue weighted by Gasteiger charge is 2.37. The summed E-state index contributed by atoms with van der Waals surface area (Å²) in [6, 6.07) is 5.90. The van der Waals surface area contributed by atoms with Crippen LogP contribution in [0.25, 0.3) is 0 Å². The summed E-state index contributed by atoms with van der Waals surface area (Å²) in [4.78, 5) is 37.4. The predicted molar refractivity (Wildman–Crippen MR) is 94.1 cm³/mol. The van der Waals surface area contributed by atoms with Gasteiger partial charge in [0.15, 0.2) is 0 Å². The van der Waals surface area contributed by atoms with Crippen molar-refractivity contribution in [3.63, 3.8) is 0 Å². The Morgan fingerprint density at radius 3 is 2.46 bits per heavy atom. The van der Waals surface area contributed by atoms with Gasteiger partial charge in [-0.1, -0.05) is 12.1 Å². The molecule has 142 valence electrons. The molecule has 1 heterocycles. The number of likely N-dealkylation sites (tertiary alicyclic amines) is 1. The Hall–Kier alpha value is -2.61. The van der Waals surface area contributed by atoms with E-state index in [9.17, 15) is 14.4 Å². The lowest BCUT2D eigenvalue weighted by Gasteiger charge is -2.27. The molecule has 2 rings (SSSR count). The average molecular weight is 363 g/mol. The minimum absolute atomic E-state index is 0.139. The number of carbonyl (C=O) groups is 3. The number of benzene rings is 1. The van der Waals surface area contributed by atoms with Crippen LogP contribution in [0.5, 0.6) is 5.75 Å². The Morgan fingerprint density at radius 2 is 1.88 bits per heavy atom. The highest BCUT2D eigenvalue weighted by Crippen LogP contribution is 2.23. The van der Waals surface area contributed by atoms with Crippen LogP contribution in [-0.4, -0.2) is 41.1 Å². The van der Waals surface area contributed by atoms with Gasteiger partial charge in [0.05, 0.1) is 6.42 Å². The van der Waals surface area contributed by atoms with E-state index >= 15 is 0 Å². The van der Waals surface area contributed by atoms with Crippen molar-refractivity contribution in [2.24, 2.45) is 5.84 Å². The fourth-order valence-corrected chi connectivity index (χ4v) is 2.65. The molecule has 2 amide bonds. The first-order chi connectivity index (χ1) is 12.2. The van der Waals surface area contributed by atoms with Gasteiger partial charge in [-0.2, -0.15) is 0 Å². The first-order valence-corrected chi connectivity index (χ1v) is 8.49. The number of carbonyl (C=O) groups excluding carboxylic acids is 3. The van der Waals surface area contributed by atoms with Gasteiger partial charge in [0.1, 0.15) is 17.4 Å². The highest BCUT2D eigenvalue weighted by molar-refractivity contribution is 5.83. The lowest BCUT2D eigenvalue weighted by atomic mass is 10.1. The smallest absolute Gasteiger partial charge is 0.411 e. The fraction of sp³-hybridized carbons (Fsp3) is 0.500. The quantitative estimate of drug-likeness (QED) is 0.276. The minimum Gasteiger partial charge on any atom is -0.444 e. The summed E-state index contributed by atoms with van der Waals surface area (Å²) < 4.78 is 10.7. The molecule has 1 aliphatic rings. The number of hydrogen-bond acceptors (Lipinski definition) is 6. The van der Waals surface area contributed by atoms with Gasteiger partial charge >= 0.3 is 12.1 Å². The maximum absolute atomic E-state index is 12.5. The lowest BCUT2D eigenvalue weighted by Crippen LogP contribution is -2.44.